The zero-order valence-corrected chi connectivity index (χ0v) is 13.5. The number of nitrogens with one attached hydrogen (secondary N) is 2. The Morgan fingerprint density at radius 1 is 1.13 bits per heavy atom. The monoisotopic (exact) mass is 314 g/mol. The molecular formula is C17H22N4O2. The predicted octanol–water partition coefficient (Wildman–Crippen LogP) is 2.96. The van der Waals surface area contributed by atoms with E-state index in [1.54, 1.807) is 12.1 Å². The molecule has 1 heterocycles. The van der Waals surface area contributed by atoms with Crippen LogP contribution in [0.4, 0.5) is 11.5 Å². The molecule has 122 valence electrons. The van der Waals surface area contributed by atoms with Gasteiger partial charge in [-0.3, -0.25) is 4.79 Å². The minimum Gasteiger partial charge on any atom is -0.379 e. The summed E-state index contributed by atoms with van der Waals surface area (Å²) in [5.41, 5.74) is 1.01. The van der Waals surface area contributed by atoms with Gasteiger partial charge in [-0.2, -0.15) is 0 Å². The van der Waals surface area contributed by atoms with Crippen LogP contribution in [0.1, 0.15) is 30.8 Å². The molecule has 0 aliphatic heterocycles. The first-order valence-corrected chi connectivity index (χ1v) is 7.71. The molecule has 0 saturated carbocycles. The van der Waals surface area contributed by atoms with Crippen LogP contribution in [-0.2, 0) is 4.74 Å². The molecule has 0 fully saturated rings. The highest BCUT2D eigenvalue weighted by atomic mass is 16.5. The van der Waals surface area contributed by atoms with E-state index in [2.05, 4.69) is 20.8 Å². The first kappa shape index (κ1) is 16.9. The molecule has 0 aliphatic carbocycles. The van der Waals surface area contributed by atoms with Gasteiger partial charge in [0.1, 0.15) is 5.82 Å². The maximum Gasteiger partial charge on any atom is 0.276 e. The lowest BCUT2D eigenvalue weighted by Gasteiger charge is -2.08. The molecule has 6 heteroatoms. The van der Waals surface area contributed by atoms with Gasteiger partial charge in [-0.25, -0.2) is 0 Å². The Kier molecular flexibility index (Phi) is 6.50. The topological polar surface area (TPSA) is 76.1 Å². The van der Waals surface area contributed by atoms with Crippen LogP contribution >= 0.6 is 0 Å². The molecule has 0 radical (unpaired) electrons. The van der Waals surface area contributed by atoms with Crippen molar-refractivity contribution in [1.29, 1.82) is 0 Å². The number of aromatic nitrogens is 2. The standard InChI is InChI=1S/C17H22N4O2/c1-13(2)23-12-6-11-18-16-10-9-15(20-21-16)17(22)19-14-7-4-3-5-8-14/h3-5,7-10,13H,6,11-12H2,1-2H3,(H,18,21)(H,19,22). The van der Waals surface area contributed by atoms with E-state index in [-0.39, 0.29) is 17.7 Å². The summed E-state index contributed by atoms with van der Waals surface area (Å²) in [5.74, 6) is 0.367. The highest BCUT2D eigenvalue weighted by Gasteiger charge is 2.08. The third-order valence-electron chi connectivity index (χ3n) is 3.01. The lowest BCUT2D eigenvalue weighted by Crippen LogP contribution is -2.15. The van der Waals surface area contributed by atoms with E-state index in [1.165, 1.54) is 0 Å². The smallest absolute Gasteiger partial charge is 0.276 e. The van der Waals surface area contributed by atoms with Gasteiger partial charge in [0.25, 0.3) is 5.91 Å². The molecule has 1 aromatic heterocycles. The van der Waals surface area contributed by atoms with E-state index in [0.717, 1.165) is 18.7 Å². The van der Waals surface area contributed by atoms with Crippen molar-refractivity contribution in [2.24, 2.45) is 0 Å². The minimum absolute atomic E-state index is 0.247. The van der Waals surface area contributed by atoms with Crippen molar-refractivity contribution < 1.29 is 9.53 Å². The number of anilines is 2. The fraction of sp³-hybridized carbons (Fsp3) is 0.353. The third-order valence-corrected chi connectivity index (χ3v) is 3.01. The van der Waals surface area contributed by atoms with Crippen LogP contribution in [0, 0.1) is 0 Å². The Labute approximate surface area is 136 Å². The molecule has 2 N–H and O–H groups in total. The van der Waals surface area contributed by atoms with E-state index in [9.17, 15) is 4.79 Å². The number of para-hydroxylation sites is 1. The molecule has 0 saturated heterocycles. The van der Waals surface area contributed by atoms with Gasteiger partial charge in [-0.15, -0.1) is 10.2 Å². The van der Waals surface area contributed by atoms with E-state index in [0.29, 0.717) is 12.4 Å². The van der Waals surface area contributed by atoms with Gasteiger partial charge in [0.2, 0.25) is 0 Å². The van der Waals surface area contributed by atoms with Crippen LogP contribution in [0.3, 0.4) is 0 Å². The zero-order chi connectivity index (χ0) is 16.5. The summed E-state index contributed by atoms with van der Waals surface area (Å²) in [4.78, 5) is 12.0. The number of hydrogen-bond donors (Lipinski definition) is 2. The van der Waals surface area contributed by atoms with Crippen molar-refractivity contribution in [3.8, 4) is 0 Å². The number of hydrogen-bond acceptors (Lipinski definition) is 5. The molecule has 1 amide bonds. The summed E-state index contributed by atoms with van der Waals surface area (Å²) in [6.45, 7) is 5.48. The molecule has 2 rings (SSSR count). The summed E-state index contributed by atoms with van der Waals surface area (Å²) in [7, 11) is 0. The fourth-order valence-electron chi connectivity index (χ4n) is 1.87. The molecule has 0 aliphatic rings. The molecule has 0 spiro atoms. The number of carbonyl (C=O) groups is 1. The summed E-state index contributed by atoms with van der Waals surface area (Å²) in [6.07, 6.45) is 1.13. The number of nitrogens with zero attached hydrogens (tertiary/aromatic N) is 2. The van der Waals surface area contributed by atoms with E-state index in [4.69, 9.17) is 4.74 Å². The van der Waals surface area contributed by atoms with Crippen LogP contribution in [0.25, 0.3) is 0 Å². The van der Waals surface area contributed by atoms with Crippen molar-refractivity contribution >= 4 is 17.4 Å². The summed E-state index contributed by atoms with van der Waals surface area (Å²) in [5, 5.41) is 13.9. The fourth-order valence-corrected chi connectivity index (χ4v) is 1.87. The maximum absolute atomic E-state index is 12.0. The van der Waals surface area contributed by atoms with Gasteiger partial charge in [-0.05, 0) is 44.5 Å². The molecule has 1 aromatic carbocycles. The van der Waals surface area contributed by atoms with Gasteiger partial charge in [-0.1, -0.05) is 18.2 Å². The number of amides is 1. The van der Waals surface area contributed by atoms with Crippen LogP contribution in [0.15, 0.2) is 42.5 Å². The lowest BCUT2D eigenvalue weighted by molar-refractivity contribution is 0.0787. The highest BCUT2D eigenvalue weighted by molar-refractivity contribution is 6.02. The molecule has 0 unspecified atom stereocenters. The number of carbonyl (C=O) groups excluding carboxylic acids is 1. The van der Waals surface area contributed by atoms with Crippen LogP contribution in [0.5, 0.6) is 0 Å². The van der Waals surface area contributed by atoms with E-state index >= 15 is 0 Å². The first-order chi connectivity index (χ1) is 11.1. The second-order valence-corrected chi connectivity index (χ2v) is 5.32. The maximum atomic E-state index is 12.0. The van der Waals surface area contributed by atoms with Gasteiger partial charge in [0.05, 0.1) is 6.10 Å². The molecule has 0 bridgehead atoms. The summed E-state index contributed by atoms with van der Waals surface area (Å²) in [6, 6.07) is 12.6. The molecule has 6 nitrogen and oxygen atoms in total. The van der Waals surface area contributed by atoms with Crippen LogP contribution in [-0.4, -0.2) is 35.4 Å². The lowest BCUT2D eigenvalue weighted by atomic mass is 10.3. The number of benzene rings is 1. The molecule has 23 heavy (non-hydrogen) atoms. The van der Waals surface area contributed by atoms with E-state index in [1.807, 2.05) is 44.2 Å². The second-order valence-electron chi connectivity index (χ2n) is 5.32. The number of ether oxygens (including phenoxy) is 1. The van der Waals surface area contributed by atoms with Crippen molar-refractivity contribution in [3.05, 3.63) is 48.2 Å². The van der Waals surface area contributed by atoms with Crippen molar-refractivity contribution in [1.82, 2.24) is 10.2 Å². The number of rotatable bonds is 8. The Balaban J connectivity index is 1.78. The predicted molar refractivity (Wildman–Crippen MR) is 90.6 cm³/mol. The van der Waals surface area contributed by atoms with Crippen LogP contribution < -0.4 is 10.6 Å². The minimum atomic E-state index is -0.277. The Bertz CT molecular complexity index is 600. The quantitative estimate of drug-likeness (QED) is 0.733. The Morgan fingerprint density at radius 2 is 1.91 bits per heavy atom. The molecular weight excluding hydrogens is 292 g/mol. The van der Waals surface area contributed by atoms with Gasteiger partial charge in [0.15, 0.2) is 5.69 Å². The first-order valence-electron chi connectivity index (χ1n) is 7.71. The van der Waals surface area contributed by atoms with Crippen molar-refractivity contribution in [2.75, 3.05) is 23.8 Å². The van der Waals surface area contributed by atoms with Gasteiger partial charge < -0.3 is 15.4 Å². The normalized spacial score (nSPS) is 10.6. The summed E-state index contributed by atoms with van der Waals surface area (Å²) >= 11 is 0. The Hall–Kier alpha value is -2.47. The largest absolute Gasteiger partial charge is 0.379 e. The average Bonchev–Trinajstić information content (AvgIpc) is 2.56. The van der Waals surface area contributed by atoms with Crippen LogP contribution in [0.2, 0.25) is 0 Å². The average molecular weight is 314 g/mol. The van der Waals surface area contributed by atoms with Gasteiger partial charge >= 0.3 is 0 Å². The van der Waals surface area contributed by atoms with Crippen molar-refractivity contribution in [3.63, 3.8) is 0 Å². The zero-order valence-electron chi connectivity index (χ0n) is 13.5. The third kappa shape index (κ3) is 6.04. The van der Waals surface area contributed by atoms with Crippen molar-refractivity contribution in [2.45, 2.75) is 26.4 Å². The van der Waals surface area contributed by atoms with E-state index < -0.39 is 0 Å². The SMILES string of the molecule is CC(C)OCCCNc1ccc(C(=O)Nc2ccccc2)nn1. The molecule has 2 aromatic rings. The Morgan fingerprint density at radius 3 is 2.57 bits per heavy atom. The highest BCUT2D eigenvalue weighted by Crippen LogP contribution is 2.08. The second kappa shape index (κ2) is 8.85. The van der Waals surface area contributed by atoms with Gasteiger partial charge in [0, 0.05) is 18.8 Å². The summed E-state index contributed by atoms with van der Waals surface area (Å²) < 4.78 is 5.46. The molecule has 0 atom stereocenters.